The molecular formula is C26H37NO8. The molecule has 35 heavy (non-hydrogen) atoms. The molecule has 1 aliphatic carbocycles. The molecule has 0 unspecified atom stereocenters. The number of ether oxygens (including phenoxy) is 5. The largest absolute Gasteiger partial charge is 0.465 e. The van der Waals surface area contributed by atoms with Gasteiger partial charge in [-0.3, -0.25) is 4.79 Å². The van der Waals surface area contributed by atoms with E-state index in [4.69, 9.17) is 28.8 Å². The number of amides is 1. The maximum atomic E-state index is 12.9. The molecule has 194 valence electrons. The van der Waals surface area contributed by atoms with E-state index in [1.165, 1.54) is 7.11 Å². The Morgan fingerprint density at radius 1 is 1.09 bits per heavy atom. The minimum atomic E-state index is -0.619. The summed E-state index contributed by atoms with van der Waals surface area (Å²) in [4.78, 5) is 24.7. The lowest BCUT2D eigenvalue weighted by Crippen LogP contribution is -2.39. The number of esters is 1. The van der Waals surface area contributed by atoms with E-state index in [2.05, 4.69) is 5.32 Å². The molecule has 0 aromatic heterocycles. The highest BCUT2D eigenvalue weighted by molar-refractivity contribution is 5.92. The summed E-state index contributed by atoms with van der Waals surface area (Å²) in [5, 5.41) is 11.8. The number of hydrogen-bond donors (Lipinski definition) is 2. The lowest BCUT2D eigenvalue weighted by Gasteiger charge is -2.37. The minimum Gasteiger partial charge on any atom is -0.465 e. The van der Waals surface area contributed by atoms with Crippen molar-refractivity contribution in [2.24, 2.45) is 11.8 Å². The molecule has 1 heterocycles. The fourth-order valence-electron chi connectivity index (χ4n) is 4.03. The molecule has 3 rings (SSSR count). The third-order valence-corrected chi connectivity index (χ3v) is 6.11. The van der Waals surface area contributed by atoms with Gasteiger partial charge in [0.2, 0.25) is 6.29 Å². The van der Waals surface area contributed by atoms with Gasteiger partial charge in [0, 0.05) is 31.6 Å². The van der Waals surface area contributed by atoms with Gasteiger partial charge in [-0.2, -0.15) is 0 Å². The predicted molar refractivity (Wildman–Crippen MR) is 128 cm³/mol. The number of hydrogen-bond acceptors (Lipinski definition) is 8. The average molecular weight is 492 g/mol. The molecule has 0 saturated heterocycles. The fourth-order valence-corrected chi connectivity index (χ4v) is 4.03. The molecule has 1 fully saturated rings. The van der Waals surface area contributed by atoms with Gasteiger partial charge < -0.3 is 34.1 Å². The minimum absolute atomic E-state index is 0.0190. The van der Waals surface area contributed by atoms with Crippen LogP contribution in [0.25, 0.3) is 0 Å². The molecular weight excluding hydrogens is 454 g/mol. The van der Waals surface area contributed by atoms with Crippen LogP contribution < -0.4 is 5.32 Å². The van der Waals surface area contributed by atoms with Crippen LogP contribution in [0.2, 0.25) is 0 Å². The highest BCUT2D eigenvalue weighted by atomic mass is 16.7. The maximum absolute atomic E-state index is 12.9. The van der Waals surface area contributed by atoms with Gasteiger partial charge in [0.25, 0.3) is 5.91 Å². The molecule has 1 aromatic carbocycles. The third kappa shape index (κ3) is 8.31. The smallest absolute Gasteiger partial charge is 0.337 e. The Balaban J connectivity index is 1.76. The van der Waals surface area contributed by atoms with Crippen LogP contribution in [0.1, 0.15) is 48.0 Å². The van der Waals surface area contributed by atoms with Crippen molar-refractivity contribution in [1.29, 1.82) is 0 Å². The second-order valence-corrected chi connectivity index (χ2v) is 8.67. The van der Waals surface area contributed by atoms with Gasteiger partial charge in [-0.05, 0) is 55.9 Å². The summed E-state index contributed by atoms with van der Waals surface area (Å²) < 4.78 is 27.7. The van der Waals surface area contributed by atoms with Crippen molar-refractivity contribution < 1.29 is 38.4 Å². The van der Waals surface area contributed by atoms with Crippen LogP contribution in [-0.4, -0.2) is 76.6 Å². The highest BCUT2D eigenvalue weighted by Gasteiger charge is 2.38. The van der Waals surface area contributed by atoms with E-state index in [1.54, 1.807) is 12.1 Å². The number of carbonyl (C=O) groups excluding carboxylic acids is 2. The average Bonchev–Trinajstić information content (AvgIpc) is 3.71. The van der Waals surface area contributed by atoms with Gasteiger partial charge in [0.15, 0.2) is 5.76 Å². The molecule has 0 radical (unpaired) electrons. The zero-order valence-electron chi connectivity index (χ0n) is 20.6. The van der Waals surface area contributed by atoms with Crippen molar-refractivity contribution in [3.05, 3.63) is 47.2 Å². The summed E-state index contributed by atoms with van der Waals surface area (Å²) in [5.41, 5.74) is 1.40. The third-order valence-electron chi connectivity index (χ3n) is 6.11. The molecule has 9 nitrogen and oxygen atoms in total. The lowest BCUT2D eigenvalue weighted by molar-refractivity contribution is -0.168. The van der Waals surface area contributed by atoms with Gasteiger partial charge in [-0.1, -0.05) is 12.1 Å². The number of allylic oxidation sites excluding steroid dienone is 1. The van der Waals surface area contributed by atoms with Crippen LogP contribution in [0.4, 0.5) is 0 Å². The Kier molecular flexibility index (Phi) is 11.0. The molecule has 1 aliphatic heterocycles. The predicted octanol–water partition coefficient (Wildman–Crippen LogP) is 2.39. The Morgan fingerprint density at radius 2 is 1.80 bits per heavy atom. The van der Waals surface area contributed by atoms with E-state index in [9.17, 15) is 9.59 Å². The van der Waals surface area contributed by atoms with Crippen molar-refractivity contribution in [1.82, 2.24) is 5.32 Å². The first-order valence-electron chi connectivity index (χ1n) is 12.3. The maximum Gasteiger partial charge on any atom is 0.337 e. The van der Waals surface area contributed by atoms with Gasteiger partial charge in [0.05, 0.1) is 39.1 Å². The van der Waals surface area contributed by atoms with Crippen LogP contribution >= 0.6 is 0 Å². The van der Waals surface area contributed by atoms with Crippen molar-refractivity contribution in [3.8, 4) is 0 Å². The summed E-state index contributed by atoms with van der Waals surface area (Å²) in [6, 6.07) is 7.19. The Hall–Kier alpha value is -2.46. The summed E-state index contributed by atoms with van der Waals surface area (Å²) >= 11 is 0. The van der Waals surface area contributed by atoms with E-state index in [0.717, 1.165) is 18.4 Å². The highest BCUT2D eigenvalue weighted by Crippen LogP contribution is 2.39. The van der Waals surface area contributed by atoms with Crippen LogP contribution in [-0.2, 0) is 28.5 Å². The van der Waals surface area contributed by atoms with E-state index in [-0.39, 0.29) is 36.7 Å². The first-order chi connectivity index (χ1) is 17.1. The number of nitrogens with one attached hydrogen (secondary N) is 1. The van der Waals surface area contributed by atoms with Gasteiger partial charge in [0.1, 0.15) is 0 Å². The summed E-state index contributed by atoms with van der Waals surface area (Å²) in [5.74, 6) is -0.132. The molecule has 0 spiro atoms. The summed E-state index contributed by atoms with van der Waals surface area (Å²) in [6.45, 7) is 4.50. The zero-order valence-corrected chi connectivity index (χ0v) is 20.6. The van der Waals surface area contributed by atoms with Crippen molar-refractivity contribution in [3.63, 3.8) is 0 Å². The first-order valence-corrected chi connectivity index (χ1v) is 12.3. The van der Waals surface area contributed by atoms with Crippen LogP contribution in [0.3, 0.4) is 0 Å². The quantitative estimate of drug-likeness (QED) is 0.284. The molecule has 9 heteroatoms. The van der Waals surface area contributed by atoms with E-state index >= 15 is 0 Å². The number of carbonyl (C=O) groups is 2. The Morgan fingerprint density at radius 3 is 2.43 bits per heavy atom. The van der Waals surface area contributed by atoms with Crippen LogP contribution in [0.5, 0.6) is 0 Å². The number of aliphatic hydroxyl groups excluding tert-OH is 1. The molecule has 3 atom stereocenters. The summed E-state index contributed by atoms with van der Waals surface area (Å²) in [7, 11) is 1.35. The van der Waals surface area contributed by atoms with Gasteiger partial charge in [-0.25, -0.2) is 4.79 Å². The molecule has 0 bridgehead atoms. The SMILES string of the molecule is CCO[C@H]1OC(C(=O)NCC2CC2)=C[C@@H](c2ccc(C(=O)OC)cc2)[C@H]1CCOCCOCCO. The normalized spacial score (nSPS) is 21.7. The summed E-state index contributed by atoms with van der Waals surface area (Å²) in [6.07, 6.45) is 4.14. The second kappa shape index (κ2) is 14.2. The standard InChI is InChI=1S/C26H37NO8/c1-3-34-26-21(10-12-32-14-15-33-13-11-28)22(19-6-8-20(9-7-19)25(30)31-2)16-23(35-26)24(29)27-17-18-4-5-18/h6-9,16,18,21-22,26,28H,3-5,10-15,17H2,1-2H3,(H,27,29)/t21-,22+,26+/m1/s1. The van der Waals surface area contributed by atoms with Crippen molar-refractivity contribution >= 4 is 11.9 Å². The topological polar surface area (TPSA) is 113 Å². The molecule has 2 aliphatic rings. The molecule has 1 saturated carbocycles. The van der Waals surface area contributed by atoms with Crippen LogP contribution in [0, 0.1) is 11.8 Å². The molecule has 1 amide bonds. The number of aliphatic hydroxyl groups is 1. The fraction of sp³-hybridized carbons (Fsp3) is 0.615. The second-order valence-electron chi connectivity index (χ2n) is 8.67. The Labute approximate surface area is 206 Å². The van der Waals surface area contributed by atoms with Gasteiger partial charge in [-0.15, -0.1) is 0 Å². The monoisotopic (exact) mass is 491 g/mol. The van der Waals surface area contributed by atoms with E-state index in [0.29, 0.717) is 50.9 Å². The lowest BCUT2D eigenvalue weighted by atomic mass is 9.81. The molecule has 1 aromatic rings. The molecule has 2 N–H and O–H groups in total. The van der Waals surface area contributed by atoms with E-state index < -0.39 is 12.3 Å². The van der Waals surface area contributed by atoms with E-state index in [1.807, 2.05) is 25.1 Å². The Bertz CT molecular complexity index is 836. The zero-order chi connectivity index (χ0) is 25.0. The van der Waals surface area contributed by atoms with Crippen LogP contribution in [0.15, 0.2) is 36.1 Å². The van der Waals surface area contributed by atoms with Crippen molar-refractivity contribution in [2.75, 3.05) is 53.3 Å². The van der Waals surface area contributed by atoms with Crippen molar-refractivity contribution in [2.45, 2.75) is 38.4 Å². The number of methoxy groups -OCH3 is 1. The number of benzene rings is 1. The van der Waals surface area contributed by atoms with Gasteiger partial charge >= 0.3 is 5.97 Å². The number of rotatable bonds is 15. The first kappa shape index (κ1) is 27.1.